The SMILES string of the molecule is NC(CCNC(=O)c1sccc1Br)c1ccccc1. The van der Waals surface area contributed by atoms with Gasteiger partial charge in [0, 0.05) is 17.1 Å². The predicted octanol–water partition coefficient (Wildman–Crippen LogP) is 3.33. The van der Waals surface area contributed by atoms with Gasteiger partial charge >= 0.3 is 0 Å². The minimum absolute atomic E-state index is 0.0479. The zero-order valence-corrected chi connectivity index (χ0v) is 12.7. The molecule has 1 aromatic carbocycles. The van der Waals surface area contributed by atoms with Crippen molar-refractivity contribution >= 4 is 33.2 Å². The van der Waals surface area contributed by atoms with Gasteiger partial charge in [0.1, 0.15) is 4.88 Å². The summed E-state index contributed by atoms with van der Waals surface area (Å²) in [6.07, 6.45) is 0.721. The monoisotopic (exact) mass is 338 g/mol. The molecule has 0 aliphatic carbocycles. The lowest BCUT2D eigenvalue weighted by Gasteiger charge is -2.12. The molecule has 0 spiro atoms. The normalized spacial score (nSPS) is 12.1. The van der Waals surface area contributed by atoms with E-state index in [1.54, 1.807) is 0 Å². The van der Waals surface area contributed by atoms with Gasteiger partial charge in [-0.1, -0.05) is 30.3 Å². The number of rotatable bonds is 5. The highest BCUT2D eigenvalue weighted by atomic mass is 79.9. The first-order valence-electron chi connectivity index (χ1n) is 6.00. The first-order chi connectivity index (χ1) is 9.18. The largest absolute Gasteiger partial charge is 0.351 e. The first-order valence-corrected chi connectivity index (χ1v) is 7.67. The smallest absolute Gasteiger partial charge is 0.262 e. The molecule has 1 amide bonds. The van der Waals surface area contributed by atoms with E-state index in [9.17, 15) is 4.79 Å². The molecule has 1 aromatic heterocycles. The van der Waals surface area contributed by atoms with Gasteiger partial charge in [-0.2, -0.15) is 0 Å². The Morgan fingerprint density at radius 2 is 2.05 bits per heavy atom. The van der Waals surface area contributed by atoms with Crippen molar-refractivity contribution in [3.05, 3.63) is 56.7 Å². The third-order valence-electron chi connectivity index (χ3n) is 2.79. The molecule has 5 heteroatoms. The van der Waals surface area contributed by atoms with Crippen molar-refractivity contribution in [2.24, 2.45) is 5.73 Å². The second-order valence-corrected chi connectivity index (χ2v) is 5.93. The predicted molar refractivity (Wildman–Crippen MR) is 82.3 cm³/mol. The van der Waals surface area contributed by atoms with Gasteiger partial charge in [0.05, 0.1) is 0 Å². The summed E-state index contributed by atoms with van der Waals surface area (Å²) in [5.74, 6) is -0.0536. The number of hydrogen-bond acceptors (Lipinski definition) is 3. The van der Waals surface area contributed by atoms with Crippen LogP contribution in [0.3, 0.4) is 0 Å². The number of benzene rings is 1. The van der Waals surface area contributed by atoms with Crippen molar-refractivity contribution in [2.75, 3.05) is 6.54 Å². The number of carbonyl (C=O) groups is 1. The van der Waals surface area contributed by atoms with E-state index >= 15 is 0 Å². The lowest BCUT2D eigenvalue weighted by Crippen LogP contribution is -2.26. The molecule has 1 heterocycles. The number of hydrogen-bond donors (Lipinski definition) is 2. The summed E-state index contributed by atoms with van der Waals surface area (Å²) >= 11 is 4.77. The molecule has 0 saturated carbocycles. The molecule has 3 nitrogen and oxygen atoms in total. The van der Waals surface area contributed by atoms with E-state index in [1.165, 1.54) is 11.3 Å². The summed E-state index contributed by atoms with van der Waals surface area (Å²) in [7, 11) is 0. The Morgan fingerprint density at radius 1 is 1.32 bits per heavy atom. The topological polar surface area (TPSA) is 55.1 Å². The molecule has 3 N–H and O–H groups in total. The summed E-state index contributed by atoms with van der Waals surface area (Å²) in [6.45, 7) is 0.569. The second-order valence-electron chi connectivity index (χ2n) is 4.16. The molecule has 0 radical (unpaired) electrons. The van der Waals surface area contributed by atoms with Gasteiger partial charge in [0.25, 0.3) is 5.91 Å². The standard InChI is InChI=1S/C14H15BrN2OS/c15-11-7-9-19-13(11)14(18)17-8-6-12(16)10-4-2-1-3-5-10/h1-5,7,9,12H,6,8,16H2,(H,17,18). The van der Waals surface area contributed by atoms with Crippen LogP contribution in [0.25, 0.3) is 0 Å². The van der Waals surface area contributed by atoms with Crippen LogP contribution in [0, 0.1) is 0 Å². The van der Waals surface area contributed by atoms with Crippen LogP contribution in [-0.4, -0.2) is 12.5 Å². The fraction of sp³-hybridized carbons (Fsp3) is 0.214. The van der Waals surface area contributed by atoms with Crippen LogP contribution in [0.2, 0.25) is 0 Å². The molecule has 1 atom stereocenters. The molecule has 0 aliphatic heterocycles. The van der Waals surface area contributed by atoms with Gasteiger partial charge in [-0.25, -0.2) is 0 Å². The van der Waals surface area contributed by atoms with Crippen molar-refractivity contribution in [3.63, 3.8) is 0 Å². The third kappa shape index (κ3) is 3.89. The summed E-state index contributed by atoms with van der Waals surface area (Å²) in [6, 6.07) is 11.7. The Balaban J connectivity index is 1.81. The van der Waals surface area contributed by atoms with Gasteiger partial charge in [-0.15, -0.1) is 11.3 Å². The highest BCUT2D eigenvalue weighted by molar-refractivity contribution is 9.10. The summed E-state index contributed by atoms with van der Waals surface area (Å²) < 4.78 is 0.836. The Hall–Kier alpha value is -1.17. The van der Waals surface area contributed by atoms with Crippen molar-refractivity contribution in [1.82, 2.24) is 5.32 Å². The average molecular weight is 339 g/mol. The van der Waals surface area contributed by atoms with E-state index < -0.39 is 0 Å². The number of nitrogens with two attached hydrogens (primary N) is 1. The molecule has 0 fully saturated rings. The molecule has 0 aliphatic rings. The summed E-state index contributed by atoms with van der Waals surface area (Å²) in [5.41, 5.74) is 7.16. The van der Waals surface area contributed by atoms with Crippen molar-refractivity contribution in [1.29, 1.82) is 0 Å². The minimum atomic E-state index is -0.0536. The zero-order chi connectivity index (χ0) is 13.7. The zero-order valence-electron chi connectivity index (χ0n) is 10.3. The number of nitrogens with one attached hydrogen (secondary N) is 1. The van der Waals surface area contributed by atoms with Gasteiger partial charge in [-0.05, 0) is 39.4 Å². The summed E-state index contributed by atoms with van der Waals surface area (Å²) in [4.78, 5) is 12.6. The molecule has 100 valence electrons. The van der Waals surface area contributed by atoms with Gasteiger partial charge in [0.2, 0.25) is 0 Å². The average Bonchev–Trinajstić information content (AvgIpc) is 2.86. The van der Waals surface area contributed by atoms with Gasteiger partial charge < -0.3 is 11.1 Å². The second kappa shape index (κ2) is 6.84. The van der Waals surface area contributed by atoms with Crippen molar-refractivity contribution in [2.45, 2.75) is 12.5 Å². The maximum Gasteiger partial charge on any atom is 0.262 e. The lowest BCUT2D eigenvalue weighted by atomic mass is 10.1. The van der Waals surface area contributed by atoms with E-state index in [-0.39, 0.29) is 11.9 Å². The Bertz CT molecular complexity index is 541. The van der Waals surface area contributed by atoms with Crippen LogP contribution < -0.4 is 11.1 Å². The van der Waals surface area contributed by atoms with Crippen LogP contribution in [0.1, 0.15) is 27.7 Å². The third-order valence-corrected chi connectivity index (χ3v) is 4.63. The molecule has 2 aromatic rings. The molecular weight excluding hydrogens is 324 g/mol. The maximum atomic E-state index is 11.9. The quantitative estimate of drug-likeness (QED) is 0.878. The number of halogens is 1. The Labute approximate surface area is 125 Å². The van der Waals surface area contributed by atoms with Gasteiger partial charge in [-0.3, -0.25) is 4.79 Å². The van der Waals surface area contributed by atoms with Crippen LogP contribution >= 0.6 is 27.3 Å². The molecule has 0 bridgehead atoms. The van der Waals surface area contributed by atoms with E-state index in [2.05, 4.69) is 21.2 Å². The fourth-order valence-corrected chi connectivity index (χ4v) is 3.21. The molecule has 19 heavy (non-hydrogen) atoms. The minimum Gasteiger partial charge on any atom is -0.351 e. The van der Waals surface area contributed by atoms with E-state index in [0.29, 0.717) is 11.4 Å². The number of thiophene rings is 1. The van der Waals surface area contributed by atoms with Crippen molar-refractivity contribution in [3.8, 4) is 0 Å². The first kappa shape index (κ1) is 14.2. The Kier molecular flexibility index (Phi) is 5.13. The van der Waals surface area contributed by atoms with Crippen molar-refractivity contribution < 1.29 is 4.79 Å². The van der Waals surface area contributed by atoms with E-state index in [4.69, 9.17) is 5.73 Å². The van der Waals surface area contributed by atoms with Crippen LogP contribution in [0.15, 0.2) is 46.3 Å². The fourth-order valence-electron chi connectivity index (χ4n) is 1.74. The van der Waals surface area contributed by atoms with Crippen LogP contribution in [-0.2, 0) is 0 Å². The highest BCUT2D eigenvalue weighted by Crippen LogP contribution is 2.22. The van der Waals surface area contributed by atoms with Crippen LogP contribution in [0.4, 0.5) is 0 Å². The maximum absolute atomic E-state index is 11.9. The Morgan fingerprint density at radius 3 is 2.68 bits per heavy atom. The highest BCUT2D eigenvalue weighted by Gasteiger charge is 2.11. The summed E-state index contributed by atoms with van der Waals surface area (Å²) in [5, 5.41) is 4.77. The molecule has 0 saturated heterocycles. The van der Waals surface area contributed by atoms with E-state index in [0.717, 1.165) is 16.5 Å². The van der Waals surface area contributed by atoms with Gasteiger partial charge in [0.15, 0.2) is 0 Å². The van der Waals surface area contributed by atoms with E-state index in [1.807, 2.05) is 41.8 Å². The molecular formula is C14H15BrN2OS. The number of carbonyl (C=O) groups excluding carboxylic acids is 1. The lowest BCUT2D eigenvalue weighted by molar-refractivity contribution is 0.0956. The molecule has 2 rings (SSSR count). The van der Waals surface area contributed by atoms with Crippen LogP contribution in [0.5, 0.6) is 0 Å². The number of amides is 1. The molecule has 1 unspecified atom stereocenters.